The van der Waals surface area contributed by atoms with Crippen LogP contribution in [0, 0.1) is 5.82 Å². The second-order valence-corrected chi connectivity index (χ2v) is 6.88. The molecule has 1 heterocycles. The fraction of sp³-hybridized carbons (Fsp3) is 0.381. The predicted octanol–water partition coefficient (Wildman–Crippen LogP) is 5.54. The normalized spacial score (nSPS) is 19.0. The van der Waals surface area contributed by atoms with Gasteiger partial charge in [0.05, 0.1) is 18.2 Å². The molecule has 0 aromatic heterocycles. The lowest BCUT2D eigenvalue weighted by Gasteiger charge is -2.41. The minimum atomic E-state index is -4.41. The van der Waals surface area contributed by atoms with Crippen LogP contribution in [0.25, 0.3) is 0 Å². The maximum atomic E-state index is 13.7. The maximum absolute atomic E-state index is 13.7. The molecule has 2 aromatic rings. The van der Waals surface area contributed by atoms with Crippen molar-refractivity contribution >= 4 is 12.2 Å². The average Bonchev–Trinajstić information content (AvgIpc) is 2.72. The monoisotopic (exact) mass is 449 g/mol. The Morgan fingerprint density at radius 2 is 1.77 bits per heavy atom. The molecular weight excluding hydrogens is 428 g/mol. The Balaban J connectivity index is 0.00000107. The molecule has 0 unspecified atom stereocenters. The summed E-state index contributed by atoms with van der Waals surface area (Å²) in [5, 5.41) is 6.89. The number of rotatable bonds is 5. The van der Waals surface area contributed by atoms with Crippen molar-refractivity contribution in [2.45, 2.75) is 37.6 Å². The van der Waals surface area contributed by atoms with E-state index in [0.717, 1.165) is 17.7 Å². The van der Waals surface area contributed by atoms with Crippen LogP contribution in [0.1, 0.15) is 29.9 Å². The summed E-state index contributed by atoms with van der Waals surface area (Å²) in [6.07, 6.45) is -3.31. The van der Waals surface area contributed by atoms with Crippen LogP contribution < -0.4 is 4.90 Å². The SMILES string of the molecule is Fc1cccc(N2C[C@@H](c3ccc(C(F)(F)F)cc3)CC[C@H]2COC(F)F)c1.O=CO. The topological polar surface area (TPSA) is 49.8 Å². The molecule has 1 aliphatic rings. The Morgan fingerprint density at radius 1 is 1.13 bits per heavy atom. The summed E-state index contributed by atoms with van der Waals surface area (Å²) < 4.78 is 81.3. The summed E-state index contributed by atoms with van der Waals surface area (Å²) in [6, 6.07) is 10.4. The third-order valence-corrected chi connectivity index (χ3v) is 4.97. The van der Waals surface area contributed by atoms with Crippen LogP contribution in [0.15, 0.2) is 48.5 Å². The first-order chi connectivity index (χ1) is 14.7. The third kappa shape index (κ3) is 7.16. The van der Waals surface area contributed by atoms with Crippen LogP contribution in [-0.4, -0.2) is 37.4 Å². The van der Waals surface area contributed by atoms with Crippen molar-refractivity contribution in [2.75, 3.05) is 18.1 Å². The van der Waals surface area contributed by atoms with Crippen LogP contribution in [0.2, 0.25) is 0 Å². The number of anilines is 1. The van der Waals surface area contributed by atoms with E-state index in [-0.39, 0.29) is 25.0 Å². The summed E-state index contributed by atoms with van der Waals surface area (Å²) in [5.74, 6) is -0.559. The first-order valence-electron chi connectivity index (χ1n) is 9.32. The molecule has 2 atom stereocenters. The van der Waals surface area contributed by atoms with Crippen molar-refractivity contribution in [2.24, 2.45) is 0 Å². The number of alkyl halides is 5. The lowest BCUT2D eigenvalue weighted by Crippen LogP contribution is -2.45. The molecule has 170 valence electrons. The fourth-order valence-corrected chi connectivity index (χ4v) is 3.57. The van der Waals surface area contributed by atoms with Crippen molar-refractivity contribution in [1.29, 1.82) is 0 Å². The van der Waals surface area contributed by atoms with Crippen molar-refractivity contribution < 1.29 is 41.0 Å². The van der Waals surface area contributed by atoms with Gasteiger partial charge in [0, 0.05) is 18.2 Å². The van der Waals surface area contributed by atoms with E-state index in [4.69, 9.17) is 9.90 Å². The quantitative estimate of drug-likeness (QED) is 0.481. The lowest BCUT2D eigenvalue weighted by atomic mass is 9.86. The standard InChI is InChI=1S/C20H19F6NO.CH2O2/c21-16-2-1-3-17(10-16)27-11-14(6-9-18(27)12-28-19(22)23)13-4-7-15(8-5-13)20(24,25)26;2-1-3/h1-5,7-8,10,14,18-19H,6,9,11-12H2;1H,(H,2,3)/t14-,18-;/m0./s1. The summed E-state index contributed by atoms with van der Waals surface area (Å²) >= 11 is 0. The smallest absolute Gasteiger partial charge is 0.416 e. The number of carboxylic acid groups (broad SMARTS) is 1. The number of ether oxygens (including phenoxy) is 1. The molecule has 3 rings (SSSR count). The molecule has 0 radical (unpaired) electrons. The van der Waals surface area contributed by atoms with Crippen molar-refractivity contribution in [1.82, 2.24) is 0 Å². The Kier molecular flexibility index (Phi) is 8.73. The van der Waals surface area contributed by atoms with Gasteiger partial charge in [-0.1, -0.05) is 18.2 Å². The lowest BCUT2D eigenvalue weighted by molar-refractivity contribution is -0.137. The number of hydrogen-bond donors (Lipinski definition) is 1. The van der Waals surface area contributed by atoms with Gasteiger partial charge < -0.3 is 14.7 Å². The van der Waals surface area contributed by atoms with E-state index < -0.39 is 24.2 Å². The van der Waals surface area contributed by atoms with Gasteiger partial charge in [-0.25, -0.2) is 4.39 Å². The molecule has 0 spiro atoms. The van der Waals surface area contributed by atoms with E-state index in [9.17, 15) is 26.3 Å². The minimum absolute atomic E-state index is 0.103. The Bertz CT molecular complexity index is 829. The molecule has 4 nitrogen and oxygen atoms in total. The summed E-state index contributed by atoms with van der Waals surface area (Å²) in [6.45, 7) is -3.00. The predicted molar refractivity (Wildman–Crippen MR) is 102 cm³/mol. The first kappa shape index (κ1) is 24.5. The molecule has 10 heteroatoms. The van der Waals surface area contributed by atoms with Gasteiger partial charge in [-0.05, 0) is 48.7 Å². The van der Waals surface area contributed by atoms with Crippen LogP contribution in [0.5, 0.6) is 0 Å². The highest BCUT2D eigenvalue weighted by molar-refractivity contribution is 5.49. The first-order valence-corrected chi connectivity index (χ1v) is 9.32. The molecule has 1 fully saturated rings. The van der Waals surface area contributed by atoms with Crippen LogP contribution in [-0.2, 0) is 15.7 Å². The molecule has 0 bridgehead atoms. The highest BCUT2D eigenvalue weighted by atomic mass is 19.4. The van der Waals surface area contributed by atoms with Gasteiger partial charge in [0.1, 0.15) is 5.82 Å². The molecule has 0 aliphatic carbocycles. The Labute approximate surface area is 175 Å². The number of nitrogens with zero attached hydrogens (tertiary/aromatic N) is 1. The molecule has 1 N–H and O–H groups in total. The second-order valence-electron chi connectivity index (χ2n) is 6.88. The second kappa shape index (κ2) is 11.0. The van der Waals surface area contributed by atoms with E-state index in [1.807, 2.05) is 0 Å². The van der Waals surface area contributed by atoms with E-state index >= 15 is 0 Å². The molecule has 0 saturated carbocycles. The number of piperidine rings is 1. The summed E-state index contributed by atoms with van der Waals surface area (Å²) in [5.41, 5.74) is 0.527. The molecule has 0 amide bonds. The van der Waals surface area contributed by atoms with E-state index in [2.05, 4.69) is 4.74 Å². The average molecular weight is 449 g/mol. The van der Waals surface area contributed by atoms with E-state index in [0.29, 0.717) is 25.1 Å². The van der Waals surface area contributed by atoms with Crippen LogP contribution >= 0.6 is 0 Å². The molecule has 1 aliphatic heterocycles. The maximum Gasteiger partial charge on any atom is 0.416 e. The number of halogens is 6. The zero-order valence-corrected chi connectivity index (χ0v) is 16.2. The summed E-state index contributed by atoms with van der Waals surface area (Å²) in [4.78, 5) is 10.2. The zero-order valence-electron chi connectivity index (χ0n) is 16.2. The van der Waals surface area contributed by atoms with Gasteiger partial charge >= 0.3 is 12.8 Å². The highest BCUT2D eigenvalue weighted by Gasteiger charge is 2.32. The van der Waals surface area contributed by atoms with Gasteiger partial charge in [0.2, 0.25) is 0 Å². The van der Waals surface area contributed by atoms with Gasteiger partial charge in [0.25, 0.3) is 6.47 Å². The molecule has 1 saturated heterocycles. The fourth-order valence-electron chi connectivity index (χ4n) is 3.57. The van der Waals surface area contributed by atoms with Gasteiger partial charge in [0.15, 0.2) is 0 Å². The molecule has 2 aromatic carbocycles. The van der Waals surface area contributed by atoms with Gasteiger partial charge in [-0.15, -0.1) is 0 Å². The highest BCUT2D eigenvalue weighted by Crippen LogP contribution is 2.36. The Morgan fingerprint density at radius 3 is 2.32 bits per heavy atom. The van der Waals surface area contributed by atoms with Crippen molar-refractivity contribution in [3.8, 4) is 0 Å². The van der Waals surface area contributed by atoms with Gasteiger partial charge in [-0.3, -0.25) is 4.79 Å². The largest absolute Gasteiger partial charge is 0.483 e. The number of hydrogen-bond acceptors (Lipinski definition) is 3. The van der Waals surface area contributed by atoms with Crippen molar-refractivity contribution in [3.05, 3.63) is 65.5 Å². The molecule has 31 heavy (non-hydrogen) atoms. The van der Waals surface area contributed by atoms with Crippen LogP contribution in [0.3, 0.4) is 0 Å². The van der Waals surface area contributed by atoms with E-state index in [1.165, 1.54) is 30.3 Å². The Hall–Kier alpha value is -2.75. The minimum Gasteiger partial charge on any atom is -0.483 e. The van der Waals surface area contributed by atoms with Gasteiger partial charge in [-0.2, -0.15) is 22.0 Å². The summed E-state index contributed by atoms with van der Waals surface area (Å²) in [7, 11) is 0. The van der Waals surface area contributed by atoms with Crippen LogP contribution in [0.4, 0.5) is 32.0 Å². The van der Waals surface area contributed by atoms with Crippen molar-refractivity contribution in [3.63, 3.8) is 0 Å². The number of carbonyl (C=O) groups is 1. The third-order valence-electron chi connectivity index (χ3n) is 4.97. The van der Waals surface area contributed by atoms with E-state index in [1.54, 1.807) is 11.0 Å². The molecular formula is C21H21F6NO3. The number of benzene rings is 2. The zero-order chi connectivity index (χ0) is 23.0.